The number of anilines is 1. The van der Waals surface area contributed by atoms with Crippen LogP contribution in [0, 0.1) is 15.9 Å². The minimum absolute atomic E-state index is 0.0723. The second-order valence-corrected chi connectivity index (χ2v) is 7.67. The smallest absolute Gasteiger partial charge is 0.295 e. The molecule has 1 aliphatic carbocycles. The number of halogens is 1. The van der Waals surface area contributed by atoms with E-state index in [0.717, 1.165) is 24.3 Å². The number of phenolic OH excluding ortho intramolecular Hbond substituents is 1. The average Bonchev–Trinajstić information content (AvgIpc) is 2.93. The molecule has 1 aliphatic rings. The molecule has 0 fully saturated rings. The first kappa shape index (κ1) is 18.7. The van der Waals surface area contributed by atoms with E-state index in [9.17, 15) is 28.0 Å². The van der Waals surface area contributed by atoms with Crippen molar-refractivity contribution >= 4 is 27.1 Å². The van der Waals surface area contributed by atoms with Crippen LogP contribution in [0.4, 0.5) is 15.8 Å². The molecule has 2 aromatic rings. The molecule has 0 bridgehead atoms. The highest BCUT2D eigenvalue weighted by Crippen LogP contribution is 2.40. The van der Waals surface area contributed by atoms with E-state index >= 15 is 0 Å². The van der Waals surface area contributed by atoms with Crippen molar-refractivity contribution in [2.45, 2.75) is 24.2 Å². The summed E-state index contributed by atoms with van der Waals surface area (Å²) in [5.41, 5.74) is 2.80. The van der Waals surface area contributed by atoms with E-state index < -0.39 is 31.3 Å². The van der Waals surface area contributed by atoms with Crippen LogP contribution < -0.4 is 10.6 Å². The Morgan fingerprint density at radius 1 is 1.37 bits per heavy atom. The van der Waals surface area contributed by atoms with E-state index in [2.05, 4.69) is 10.5 Å². The summed E-state index contributed by atoms with van der Waals surface area (Å²) >= 11 is 0. The third-order valence-corrected chi connectivity index (χ3v) is 5.17. The molecule has 0 heterocycles. The normalized spacial score (nSPS) is 17.7. The number of benzene rings is 2. The van der Waals surface area contributed by atoms with Crippen LogP contribution in [0.5, 0.6) is 5.75 Å². The summed E-state index contributed by atoms with van der Waals surface area (Å²) in [6, 6.07) is 5.46. The number of aromatic hydroxyl groups is 1. The number of phenols is 1. The lowest BCUT2D eigenvalue weighted by molar-refractivity contribution is -0.384. The molecule has 0 aromatic heterocycles. The predicted octanol–water partition coefficient (Wildman–Crippen LogP) is 2.41. The number of nitrogens with zero attached hydrogens (tertiary/aromatic N) is 2. The van der Waals surface area contributed by atoms with Crippen LogP contribution in [0.15, 0.2) is 40.3 Å². The molecule has 2 aromatic carbocycles. The predicted molar refractivity (Wildman–Crippen MR) is 95.7 cm³/mol. The summed E-state index contributed by atoms with van der Waals surface area (Å²) < 4.78 is 36.8. The molecule has 0 amide bonds. The molecule has 142 valence electrons. The Balaban J connectivity index is 2.01. The molecule has 1 atom stereocenters. The van der Waals surface area contributed by atoms with Crippen molar-refractivity contribution in [1.82, 2.24) is 0 Å². The van der Waals surface area contributed by atoms with Crippen molar-refractivity contribution < 1.29 is 22.8 Å². The van der Waals surface area contributed by atoms with Gasteiger partial charge in [-0.25, -0.2) is 17.9 Å². The summed E-state index contributed by atoms with van der Waals surface area (Å²) in [7, 11) is -4.11. The first-order chi connectivity index (χ1) is 12.6. The Morgan fingerprint density at radius 3 is 2.70 bits per heavy atom. The lowest BCUT2D eigenvalue weighted by Crippen LogP contribution is -2.12. The van der Waals surface area contributed by atoms with Gasteiger partial charge < -0.3 is 5.11 Å². The van der Waals surface area contributed by atoms with Crippen LogP contribution in [-0.4, -0.2) is 24.2 Å². The summed E-state index contributed by atoms with van der Waals surface area (Å²) in [5.74, 6) is -0.841. The van der Waals surface area contributed by atoms with Gasteiger partial charge >= 0.3 is 0 Å². The standard InChI is InChI=1S/C16H15FN4O5S/c1-8-6-12(16-14(22)5-3-10(17)15(8)16)20-19-11-4-2-9(27(18,25)26)7-13(11)21(23)24/h2-5,7-8,19,22H,6H2,1H3,(H2,18,25,26)/b20-12+/t8-/m1/s1. The van der Waals surface area contributed by atoms with E-state index in [4.69, 9.17) is 5.14 Å². The molecule has 9 nitrogen and oxygen atoms in total. The molecule has 11 heteroatoms. The van der Waals surface area contributed by atoms with Crippen LogP contribution in [0.3, 0.4) is 0 Å². The third kappa shape index (κ3) is 3.46. The number of nitro groups is 1. The maximum absolute atomic E-state index is 14.0. The van der Waals surface area contributed by atoms with Gasteiger partial charge in [0.2, 0.25) is 10.0 Å². The van der Waals surface area contributed by atoms with Crippen molar-refractivity contribution in [2.24, 2.45) is 10.2 Å². The molecule has 27 heavy (non-hydrogen) atoms. The van der Waals surface area contributed by atoms with Crippen molar-refractivity contribution in [1.29, 1.82) is 0 Å². The van der Waals surface area contributed by atoms with Crippen molar-refractivity contribution in [2.75, 3.05) is 5.43 Å². The van der Waals surface area contributed by atoms with Crippen LogP contribution in [0.2, 0.25) is 0 Å². The Kier molecular flexibility index (Phi) is 4.57. The number of sulfonamides is 1. The summed E-state index contributed by atoms with van der Waals surface area (Å²) in [6.45, 7) is 1.77. The van der Waals surface area contributed by atoms with Crippen LogP contribution in [0.25, 0.3) is 0 Å². The fourth-order valence-corrected chi connectivity index (χ4v) is 3.56. The highest BCUT2D eigenvalue weighted by atomic mass is 32.2. The zero-order chi connectivity index (χ0) is 19.9. The Labute approximate surface area is 153 Å². The van der Waals surface area contributed by atoms with E-state index in [1.165, 1.54) is 6.07 Å². The lowest BCUT2D eigenvalue weighted by atomic mass is 10.0. The third-order valence-electron chi connectivity index (χ3n) is 4.26. The number of primary sulfonamides is 1. The van der Waals surface area contributed by atoms with Gasteiger partial charge in [0.05, 0.1) is 15.5 Å². The van der Waals surface area contributed by atoms with E-state index in [1.807, 2.05) is 0 Å². The topological polar surface area (TPSA) is 148 Å². The molecule has 0 radical (unpaired) electrons. The lowest BCUT2D eigenvalue weighted by Gasteiger charge is -2.07. The van der Waals surface area contributed by atoms with Gasteiger partial charge in [-0.15, -0.1) is 0 Å². The maximum Gasteiger partial charge on any atom is 0.295 e. The fraction of sp³-hybridized carbons (Fsp3) is 0.188. The monoisotopic (exact) mass is 394 g/mol. The molecular formula is C16H15FN4O5S. The largest absolute Gasteiger partial charge is 0.507 e. The molecule has 3 rings (SSSR count). The van der Waals surface area contributed by atoms with Gasteiger partial charge in [-0.3, -0.25) is 15.5 Å². The van der Waals surface area contributed by atoms with Gasteiger partial charge in [0.1, 0.15) is 17.3 Å². The van der Waals surface area contributed by atoms with Gasteiger partial charge in [0, 0.05) is 17.2 Å². The number of hydrogen-bond donors (Lipinski definition) is 3. The van der Waals surface area contributed by atoms with Gasteiger partial charge in [-0.1, -0.05) is 6.92 Å². The second kappa shape index (κ2) is 6.59. The van der Waals surface area contributed by atoms with Gasteiger partial charge in [-0.05, 0) is 36.6 Å². The van der Waals surface area contributed by atoms with E-state index in [1.54, 1.807) is 6.92 Å². The van der Waals surface area contributed by atoms with E-state index in [0.29, 0.717) is 17.7 Å². The molecule has 0 aliphatic heterocycles. The Bertz CT molecular complexity index is 1080. The molecule has 0 saturated heterocycles. The first-order valence-corrected chi connectivity index (χ1v) is 9.29. The number of hydrogen-bond acceptors (Lipinski definition) is 7. The molecular weight excluding hydrogens is 379 g/mol. The molecule has 4 N–H and O–H groups in total. The summed E-state index contributed by atoms with van der Waals surface area (Å²) in [6.07, 6.45) is 0.319. The summed E-state index contributed by atoms with van der Waals surface area (Å²) in [5, 5.41) is 30.3. The van der Waals surface area contributed by atoms with Crippen molar-refractivity contribution in [3.8, 4) is 5.75 Å². The van der Waals surface area contributed by atoms with Crippen LogP contribution >= 0.6 is 0 Å². The number of nitrogens with one attached hydrogen (secondary N) is 1. The molecule has 0 spiro atoms. The van der Waals surface area contributed by atoms with Crippen LogP contribution in [0.1, 0.15) is 30.4 Å². The number of nitro benzene ring substituents is 1. The number of hydrazone groups is 1. The Morgan fingerprint density at radius 2 is 2.07 bits per heavy atom. The highest BCUT2D eigenvalue weighted by Gasteiger charge is 2.31. The zero-order valence-corrected chi connectivity index (χ0v) is 14.8. The second-order valence-electron chi connectivity index (χ2n) is 6.11. The van der Waals surface area contributed by atoms with Gasteiger partial charge in [0.25, 0.3) is 5.69 Å². The Hall–Kier alpha value is -3.05. The SMILES string of the molecule is C[C@@H]1C/C(=N\Nc2ccc(S(N)(=O)=O)cc2[N+](=O)[O-])c2c(O)ccc(F)c21. The number of fused-ring (bicyclic) bond motifs is 1. The average molecular weight is 394 g/mol. The molecule has 0 saturated carbocycles. The maximum atomic E-state index is 14.0. The fourth-order valence-electron chi connectivity index (χ4n) is 3.03. The van der Waals surface area contributed by atoms with Crippen molar-refractivity contribution in [3.05, 3.63) is 57.4 Å². The molecule has 0 unspecified atom stereocenters. The summed E-state index contributed by atoms with van der Waals surface area (Å²) in [4.78, 5) is 10.0. The van der Waals surface area contributed by atoms with E-state index in [-0.39, 0.29) is 22.9 Å². The van der Waals surface area contributed by atoms with Crippen LogP contribution in [-0.2, 0) is 10.0 Å². The number of nitrogens with two attached hydrogens (primary N) is 1. The quantitative estimate of drug-likeness (QED) is 0.536. The zero-order valence-electron chi connectivity index (χ0n) is 14.0. The minimum atomic E-state index is -4.11. The minimum Gasteiger partial charge on any atom is -0.507 e. The van der Waals surface area contributed by atoms with Gasteiger partial charge in [0.15, 0.2) is 0 Å². The highest BCUT2D eigenvalue weighted by molar-refractivity contribution is 7.89. The number of rotatable bonds is 4. The van der Waals surface area contributed by atoms with Gasteiger partial charge in [-0.2, -0.15) is 5.10 Å². The van der Waals surface area contributed by atoms with Crippen molar-refractivity contribution in [3.63, 3.8) is 0 Å². The first-order valence-electron chi connectivity index (χ1n) is 7.75.